The molecule has 1 aromatic heterocycles. The number of rotatable bonds is 3. The molecule has 2 nitrogen and oxygen atoms in total. The predicted molar refractivity (Wildman–Crippen MR) is 87.2 cm³/mol. The molecule has 1 aromatic carbocycles. The highest BCUT2D eigenvalue weighted by molar-refractivity contribution is 8.00. The SMILES string of the molecule is Cc1ccc(-c2ccnc(C#N)c2SC2CCCC2)cc1. The number of thioether (sulfide) groups is 1. The van der Waals surface area contributed by atoms with E-state index in [9.17, 15) is 5.26 Å². The monoisotopic (exact) mass is 294 g/mol. The fourth-order valence-electron chi connectivity index (χ4n) is 2.78. The van der Waals surface area contributed by atoms with Crippen molar-refractivity contribution in [3.05, 3.63) is 47.8 Å². The number of nitrogens with zero attached hydrogens (tertiary/aromatic N) is 2. The molecule has 106 valence electrons. The zero-order chi connectivity index (χ0) is 14.7. The average Bonchev–Trinajstić information content (AvgIpc) is 3.01. The summed E-state index contributed by atoms with van der Waals surface area (Å²) in [5.41, 5.74) is 4.11. The number of benzene rings is 1. The van der Waals surface area contributed by atoms with Crippen LogP contribution in [-0.2, 0) is 0 Å². The van der Waals surface area contributed by atoms with Crippen molar-refractivity contribution in [1.29, 1.82) is 5.26 Å². The Labute approximate surface area is 130 Å². The largest absolute Gasteiger partial charge is 0.244 e. The summed E-state index contributed by atoms with van der Waals surface area (Å²) < 4.78 is 0. The van der Waals surface area contributed by atoms with E-state index in [0.29, 0.717) is 10.9 Å². The fraction of sp³-hybridized carbons (Fsp3) is 0.333. The Bertz CT molecular complexity index is 665. The van der Waals surface area contributed by atoms with Crippen molar-refractivity contribution in [3.63, 3.8) is 0 Å². The molecule has 0 atom stereocenters. The molecule has 0 saturated heterocycles. The van der Waals surface area contributed by atoms with Crippen LogP contribution >= 0.6 is 11.8 Å². The highest BCUT2D eigenvalue weighted by atomic mass is 32.2. The fourth-order valence-corrected chi connectivity index (χ4v) is 4.21. The molecule has 0 bridgehead atoms. The van der Waals surface area contributed by atoms with Gasteiger partial charge in [0.25, 0.3) is 0 Å². The molecule has 0 spiro atoms. The summed E-state index contributed by atoms with van der Waals surface area (Å²) in [5.74, 6) is 0. The Morgan fingerprint density at radius 3 is 2.52 bits per heavy atom. The Hall–Kier alpha value is -1.79. The van der Waals surface area contributed by atoms with Gasteiger partial charge in [0.05, 0.1) is 4.90 Å². The molecule has 3 heteroatoms. The Balaban J connectivity index is 2.02. The first kappa shape index (κ1) is 14.2. The first-order chi connectivity index (χ1) is 10.3. The van der Waals surface area contributed by atoms with Gasteiger partial charge in [0.15, 0.2) is 5.69 Å². The third kappa shape index (κ3) is 3.11. The van der Waals surface area contributed by atoms with Crippen molar-refractivity contribution in [2.45, 2.75) is 42.8 Å². The van der Waals surface area contributed by atoms with Crippen LogP contribution in [0.5, 0.6) is 0 Å². The van der Waals surface area contributed by atoms with Gasteiger partial charge in [0.1, 0.15) is 6.07 Å². The molecule has 3 rings (SSSR count). The van der Waals surface area contributed by atoms with Gasteiger partial charge < -0.3 is 0 Å². The molecule has 0 N–H and O–H groups in total. The lowest BCUT2D eigenvalue weighted by atomic mass is 10.0. The van der Waals surface area contributed by atoms with Gasteiger partial charge in [-0.2, -0.15) is 5.26 Å². The molecule has 1 fully saturated rings. The lowest BCUT2D eigenvalue weighted by Gasteiger charge is -2.14. The zero-order valence-corrected chi connectivity index (χ0v) is 13.0. The van der Waals surface area contributed by atoms with Crippen LogP contribution in [0.2, 0.25) is 0 Å². The van der Waals surface area contributed by atoms with Gasteiger partial charge in [-0.1, -0.05) is 42.7 Å². The third-order valence-corrected chi connectivity index (χ3v) is 5.41. The minimum Gasteiger partial charge on any atom is -0.244 e. The molecule has 2 aromatic rings. The Morgan fingerprint density at radius 1 is 1.14 bits per heavy atom. The molecule has 0 aliphatic heterocycles. The molecule has 1 saturated carbocycles. The van der Waals surface area contributed by atoms with Crippen LogP contribution in [0.1, 0.15) is 36.9 Å². The topological polar surface area (TPSA) is 36.7 Å². The van der Waals surface area contributed by atoms with Gasteiger partial charge in [-0.25, -0.2) is 4.98 Å². The van der Waals surface area contributed by atoms with Gasteiger partial charge in [-0.3, -0.25) is 0 Å². The molecule has 1 heterocycles. The minimum absolute atomic E-state index is 0.560. The zero-order valence-electron chi connectivity index (χ0n) is 12.2. The molecule has 21 heavy (non-hydrogen) atoms. The summed E-state index contributed by atoms with van der Waals surface area (Å²) in [5, 5.41) is 10.0. The van der Waals surface area contributed by atoms with Crippen LogP contribution in [-0.4, -0.2) is 10.2 Å². The van der Waals surface area contributed by atoms with E-state index in [1.165, 1.54) is 36.8 Å². The number of aryl methyl sites for hydroxylation is 1. The standard InChI is InChI=1S/C18H18N2S/c1-13-6-8-14(9-7-13)16-10-11-20-17(12-19)18(16)21-15-4-2-3-5-15/h6-11,15H,2-5H2,1H3. The normalized spacial score (nSPS) is 15.0. The van der Waals surface area contributed by atoms with Crippen LogP contribution in [0.4, 0.5) is 0 Å². The van der Waals surface area contributed by atoms with Crippen LogP contribution in [0.15, 0.2) is 41.4 Å². The molecular weight excluding hydrogens is 276 g/mol. The number of aromatic nitrogens is 1. The van der Waals surface area contributed by atoms with Gasteiger partial charge in [-0.15, -0.1) is 11.8 Å². The number of hydrogen-bond donors (Lipinski definition) is 0. The van der Waals surface area contributed by atoms with Gasteiger partial charge in [-0.05, 0) is 37.0 Å². The molecule has 0 amide bonds. The molecule has 1 aliphatic rings. The molecular formula is C18H18N2S. The summed E-state index contributed by atoms with van der Waals surface area (Å²) in [6.45, 7) is 2.09. The minimum atomic E-state index is 0.560. The van der Waals surface area contributed by atoms with E-state index in [4.69, 9.17) is 0 Å². The highest BCUT2D eigenvalue weighted by Gasteiger charge is 2.20. The maximum absolute atomic E-state index is 9.38. The van der Waals surface area contributed by atoms with E-state index in [1.807, 2.05) is 17.8 Å². The number of nitriles is 1. The second-order valence-corrected chi connectivity index (χ2v) is 6.85. The van der Waals surface area contributed by atoms with Crippen molar-refractivity contribution in [2.75, 3.05) is 0 Å². The van der Waals surface area contributed by atoms with Gasteiger partial charge in [0.2, 0.25) is 0 Å². The van der Waals surface area contributed by atoms with Gasteiger partial charge in [0, 0.05) is 11.4 Å². The van der Waals surface area contributed by atoms with Crippen LogP contribution in [0.25, 0.3) is 11.1 Å². The summed E-state index contributed by atoms with van der Waals surface area (Å²) in [6.07, 6.45) is 6.85. The van der Waals surface area contributed by atoms with E-state index in [0.717, 1.165) is 10.5 Å². The molecule has 0 unspecified atom stereocenters. The highest BCUT2D eigenvalue weighted by Crippen LogP contribution is 2.40. The second kappa shape index (κ2) is 6.32. The molecule has 1 aliphatic carbocycles. The maximum Gasteiger partial charge on any atom is 0.154 e. The van der Waals surface area contributed by atoms with Crippen molar-refractivity contribution >= 4 is 11.8 Å². The van der Waals surface area contributed by atoms with E-state index in [-0.39, 0.29) is 0 Å². The molecule has 0 radical (unpaired) electrons. The number of hydrogen-bond acceptors (Lipinski definition) is 3. The summed E-state index contributed by atoms with van der Waals surface area (Å²) in [7, 11) is 0. The van der Waals surface area contributed by atoms with Crippen LogP contribution < -0.4 is 0 Å². The summed E-state index contributed by atoms with van der Waals surface area (Å²) in [4.78, 5) is 5.31. The second-order valence-electron chi connectivity index (χ2n) is 5.54. The van der Waals surface area contributed by atoms with Crippen molar-refractivity contribution in [3.8, 4) is 17.2 Å². The first-order valence-corrected chi connectivity index (χ1v) is 8.28. The summed E-state index contributed by atoms with van der Waals surface area (Å²) >= 11 is 1.84. The van der Waals surface area contributed by atoms with Crippen molar-refractivity contribution in [1.82, 2.24) is 4.98 Å². The quantitative estimate of drug-likeness (QED) is 0.802. The van der Waals surface area contributed by atoms with Crippen molar-refractivity contribution < 1.29 is 0 Å². The Morgan fingerprint density at radius 2 is 1.86 bits per heavy atom. The van der Waals surface area contributed by atoms with E-state index in [2.05, 4.69) is 42.2 Å². The first-order valence-electron chi connectivity index (χ1n) is 7.41. The number of pyridine rings is 1. The van der Waals surface area contributed by atoms with Crippen LogP contribution in [0, 0.1) is 18.3 Å². The van der Waals surface area contributed by atoms with Gasteiger partial charge >= 0.3 is 0 Å². The average molecular weight is 294 g/mol. The lowest BCUT2D eigenvalue weighted by molar-refractivity contribution is 0.886. The predicted octanol–water partition coefficient (Wildman–Crippen LogP) is 4.96. The van der Waals surface area contributed by atoms with Crippen molar-refractivity contribution in [2.24, 2.45) is 0 Å². The maximum atomic E-state index is 9.38. The van der Waals surface area contributed by atoms with E-state index in [1.54, 1.807) is 6.20 Å². The Kier molecular flexibility index (Phi) is 4.26. The van der Waals surface area contributed by atoms with Crippen LogP contribution in [0.3, 0.4) is 0 Å². The lowest BCUT2D eigenvalue weighted by Crippen LogP contribution is -1.98. The van der Waals surface area contributed by atoms with E-state index >= 15 is 0 Å². The third-order valence-electron chi connectivity index (χ3n) is 3.96. The van der Waals surface area contributed by atoms with E-state index < -0.39 is 0 Å². The summed E-state index contributed by atoms with van der Waals surface area (Å²) in [6, 6.07) is 12.8. The smallest absolute Gasteiger partial charge is 0.154 e.